The Labute approximate surface area is 100 Å². The molecule has 94 valence electrons. The van der Waals surface area contributed by atoms with Crippen LogP contribution in [0.3, 0.4) is 0 Å². The molecule has 6 nitrogen and oxygen atoms in total. The van der Waals surface area contributed by atoms with Crippen molar-refractivity contribution in [1.29, 1.82) is 0 Å². The van der Waals surface area contributed by atoms with Gasteiger partial charge in [-0.05, 0) is 18.8 Å². The number of carbonyl (C=O) groups excluding carboxylic acids is 1. The molecule has 0 unspecified atom stereocenters. The maximum Gasteiger partial charge on any atom is 0.345 e. The molecule has 0 saturated carbocycles. The summed E-state index contributed by atoms with van der Waals surface area (Å²) in [6, 6.07) is 0. The Morgan fingerprint density at radius 1 is 1.53 bits per heavy atom. The first-order chi connectivity index (χ1) is 8.13. The highest BCUT2D eigenvalue weighted by Crippen LogP contribution is 2.27. The number of ether oxygens (including phenoxy) is 1. The number of aromatic nitrogens is 2. The summed E-state index contributed by atoms with van der Waals surface area (Å²) in [4.78, 5) is 13.7. The zero-order valence-electron chi connectivity index (χ0n) is 10.2. The number of rotatable bonds is 2. The number of nitrogens with one attached hydrogen (secondary N) is 1. The van der Waals surface area contributed by atoms with E-state index in [2.05, 4.69) is 22.0 Å². The average Bonchev–Trinajstić information content (AvgIpc) is 2.71. The summed E-state index contributed by atoms with van der Waals surface area (Å²) in [6.45, 7) is 4.03. The number of piperidine rings is 1. The molecule has 6 heteroatoms. The van der Waals surface area contributed by atoms with Crippen molar-refractivity contribution in [1.82, 2.24) is 10.2 Å². The van der Waals surface area contributed by atoms with Crippen LogP contribution in [0.4, 0.5) is 11.6 Å². The van der Waals surface area contributed by atoms with E-state index < -0.39 is 5.97 Å². The molecule has 0 spiro atoms. The molecular formula is C11H18N4O2. The van der Waals surface area contributed by atoms with Crippen LogP contribution < -0.4 is 10.6 Å². The molecule has 1 saturated heterocycles. The van der Waals surface area contributed by atoms with Crippen LogP contribution in [-0.4, -0.2) is 36.4 Å². The van der Waals surface area contributed by atoms with E-state index in [4.69, 9.17) is 10.5 Å². The number of carbonyl (C=O) groups is 1. The summed E-state index contributed by atoms with van der Waals surface area (Å²) in [5, 5.41) is 6.75. The number of aromatic amines is 1. The van der Waals surface area contributed by atoms with Gasteiger partial charge < -0.3 is 15.4 Å². The van der Waals surface area contributed by atoms with Gasteiger partial charge in [-0.3, -0.25) is 5.10 Å². The Balaban J connectivity index is 2.23. The predicted molar refractivity (Wildman–Crippen MR) is 65.0 cm³/mol. The van der Waals surface area contributed by atoms with E-state index >= 15 is 0 Å². The van der Waals surface area contributed by atoms with Gasteiger partial charge >= 0.3 is 5.97 Å². The molecule has 0 aliphatic carbocycles. The fraction of sp³-hybridized carbons (Fsp3) is 0.636. The number of H-pyrrole nitrogens is 1. The first-order valence-corrected chi connectivity index (χ1v) is 5.80. The minimum absolute atomic E-state index is 0.269. The molecule has 0 radical (unpaired) electrons. The summed E-state index contributed by atoms with van der Waals surface area (Å²) in [5.74, 6) is 1.17. The van der Waals surface area contributed by atoms with Gasteiger partial charge in [-0.2, -0.15) is 5.10 Å². The van der Waals surface area contributed by atoms with E-state index in [-0.39, 0.29) is 5.82 Å². The van der Waals surface area contributed by atoms with E-state index in [9.17, 15) is 4.79 Å². The van der Waals surface area contributed by atoms with Gasteiger partial charge in [0.25, 0.3) is 0 Å². The Bertz CT molecular complexity index is 408. The van der Waals surface area contributed by atoms with Crippen molar-refractivity contribution >= 4 is 17.6 Å². The van der Waals surface area contributed by atoms with E-state index in [0.717, 1.165) is 31.8 Å². The Morgan fingerprint density at radius 3 is 2.76 bits per heavy atom. The Hall–Kier alpha value is -1.72. The van der Waals surface area contributed by atoms with Crippen LogP contribution >= 0.6 is 0 Å². The average molecular weight is 238 g/mol. The molecule has 3 N–H and O–H groups in total. The monoisotopic (exact) mass is 238 g/mol. The lowest BCUT2D eigenvalue weighted by Crippen LogP contribution is -2.34. The topological polar surface area (TPSA) is 84.2 Å². The van der Waals surface area contributed by atoms with E-state index in [1.165, 1.54) is 7.11 Å². The lowest BCUT2D eigenvalue weighted by atomic mass is 9.99. The van der Waals surface area contributed by atoms with Crippen molar-refractivity contribution in [3.8, 4) is 0 Å². The molecule has 0 aromatic carbocycles. The lowest BCUT2D eigenvalue weighted by Gasteiger charge is -2.30. The SMILES string of the molecule is COC(=O)c1c(N2CCC(C)CC2)n[nH]c1N. The van der Waals surface area contributed by atoms with Gasteiger partial charge in [-0.1, -0.05) is 6.92 Å². The van der Waals surface area contributed by atoms with Gasteiger partial charge in [-0.15, -0.1) is 0 Å². The van der Waals surface area contributed by atoms with Crippen molar-refractivity contribution in [3.05, 3.63) is 5.56 Å². The number of methoxy groups -OCH3 is 1. The fourth-order valence-corrected chi connectivity index (χ4v) is 2.10. The van der Waals surface area contributed by atoms with Crippen LogP contribution in [-0.2, 0) is 4.74 Å². The molecule has 17 heavy (non-hydrogen) atoms. The van der Waals surface area contributed by atoms with E-state index in [0.29, 0.717) is 11.4 Å². The third kappa shape index (κ3) is 2.20. The highest BCUT2D eigenvalue weighted by molar-refractivity contribution is 5.99. The van der Waals surface area contributed by atoms with Gasteiger partial charge in [-0.25, -0.2) is 4.79 Å². The Morgan fingerprint density at radius 2 is 2.18 bits per heavy atom. The van der Waals surface area contributed by atoms with Crippen LogP contribution in [0.2, 0.25) is 0 Å². The first kappa shape index (κ1) is 11.8. The van der Waals surface area contributed by atoms with Gasteiger partial charge in [0.1, 0.15) is 11.4 Å². The molecule has 1 aliphatic rings. The number of nitrogens with two attached hydrogens (primary N) is 1. The fourth-order valence-electron chi connectivity index (χ4n) is 2.10. The smallest absolute Gasteiger partial charge is 0.345 e. The molecule has 0 amide bonds. The molecular weight excluding hydrogens is 220 g/mol. The maximum atomic E-state index is 11.6. The molecule has 1 aromatic rings. The molecule has 1 aromatic heterocycles. The lowest BCUT2D eigenvalue weighted by molar-refractivity contribution is 0.0602. The van der Waals surface area contributed by atoms with Crippen LogP contribution in [0.5, 0.6) is 0 Å². The number of nitrogen functional groups attached to an aromatic ring is 1. The second kappa shape index (κ2) is 4.65. The number of anilines is 2. The number of esters is 1. The quantitative estimate of drug-likeness (QED) is 0.751. The number of hydrogen-bond donors (Lipinski definition) is 2. The van der Waals surface area contributed by atoms with Gasteiger partial charge in [0, 0.05) is 13.1 Å². The van der Waals surface area contributed by atoms with E-state index in [1.54, 1.807) is 0 Å². The minimum atomic E-state index is -0.440. The van der Waals surface area contributed by atoms with E-state index in [1.807, 2.05) is 0 Å². The largest absolute Gasteiger partial charge is 0.465 e. The summed E-state index contributed by atoms with van der Waals surface area (Å²) in [7, 11) is 1.34. The summed E-state index contributed by atoms with van der Waals surface area (Å²) >= 11 is 0. The number of nitrogens with zero attached hydrogens (tertiary/aromatic N) is 2. The van der Waals surface area contributed by atoms with Crippen LogP contribution in [0.1, 0.15) is 30.1 Å². The normalized spacial score (nSPS) is 17.2. The molecule has 2 rings (SSSR count). The zero-order valence-corrected chi connectivity index (χ0v) is 10.2. The van der Waals surface area contributed by atoms with Gasteiger partial charge in [0.15, 0.2) is 5.82 Å². The van der Waals surface area contributed by atoms with Crippen molar-refractivity contribution in [2.75, 3.05) is 30.8 Å². The Kier molecular flexibility index (Phi) is 3.21. The highest BCUT2D eigenvalue weighted by atomic mass is 16.5. The van der Waals surface area contributed by atoms with Gasteiger partial charge in [0.05, 0.1) is 7.11 Å². The molecule has 0 atom stereocenters. The highest BCUT2D eigenvalue weighted by Gasteiger charge is 2.26. The van der Waals surface area contributed by atoms with Crippen molar-refractivity contribution in [3.63, 3.8) is 0 Å². The predicted octanol–water partition coefficient (Wildman–Crippen LogP) is 1.01. The third-order valence-electron chi connectivity index (χ3n) is 3.25. The second-order valence-electron chi connectivity index (χ2n) is 4.50. The zero-order chi connectivity index (χ0) is 12.4. The van der Waals surface area contributed by atoms with Crippen molar-refractivity contribution < 1.29 is 9.53 Å². The molecule has 1 fully saturated rings. The summed E-state index contributed by atoms with van der Waals surface area (Å²) in [5.41, 5.74) is 6.06. The minimum Gasteiger partial charge on any atom is -0.465 e. The van der Waals surface area contributed by atoms with Crippen LogP contribution in [0.25, 0.3) is 0 Å². The van der Waals surface area contributed by atoms with Crippen molar-refractivity contribution in [2.45, 2.75) is 19.8 Å². The second-order valence-corrected chi connectivity index (χ2v) is 4.50. The van der Waals surface area contributed by atoms with Gasteiger partial charge in [0.2, 0.25) is 0 Å². The summed E-state index contributed by atoms with van der Waals surface area (Å²) < 4.78 is 4.72. The van der Waals surface area contributed by atoms with Crippen molar-refractivity contribution in [2.24, 2.45) is 5.92 Å². The summed E-state index contributed by atoms with van der Waals surface area (Å²) in [6.07, 6.45) is 2.21. The van der Waals surface area contributed by atoms with Crippen LogP contribution in [0, 0.1) is 5.92 Å². The molecule has 2 heterocycles. The van der Waals surface area contributed by atoms with Crippen LogP contribution in [0.15, 0.2) is 0 Å². The number of hydrogen-bond acceptors (Lipinski definition) is 5. The first-order valence-electron chi connectivity index (χ1n) is 5.80. The molecule has 0 bridgehead atoms. The third-order valence-corrected chi connectivity index (χ3v) is 3.25. The molecule has 1 aliphatic heterocycles. The maximum absolute atomic E-state index is 11.6. The standard InChI is InChI=1S/C11H18N4O2/c1-7-3-5-15(6-4-7)10-8(11(16)17-2)9(12)13-14-10/h7H,3-6H2,1-2H3,(H3,12,13,14).